The van der Waals surface area contributed by atoms with Gasteiger partial charge in [-0.15, -0.1) is 0 Å². The lowest BCUT2D eigenvalue weighted by Crippen LogP contribution is -2.19. The van der Waals surface area contributed by atoms with Crippen LogP contribution in [0.15, 0.2) is 72.9 Å². The second-order valence-corrected chi connectivity index (χ2v) is 4.14. The molecule has 2 aromatic rings. The fourth-order valence-electron chi connectivity index (χ4n) is 1.82. The summed E-state index contributed by atoms with van der Waals surface area (Å²) < 4.78 is 0. The van der Waals surface area contributed by atoms with E-state index in [2.05, 4.69) is 60.0 Å². The molecule has 0 saturated heterocycles. The average Bonchev–Trinajstić information content (AvgIpc) is 2.38. The number of para-hydroxylation sites is 1. The second-order valence-electron chi connectivity index (χ2n) is 4.14. The Hall–Kier alpha value is -2.02. The Morgan fingerprint density at radius 2 is 1.47 bits per heavy atom. The molecular formula is C16H17N. The first-order chi connectivity index (χ1) is 8.27. The van der Waals surface area contributed by atoms with E-state index in [1.54, 1.807) is 0 Å². The molecule has 2 aromatic carbocycles. The molecule has 2 rings (SSSR count). The maximum Gasteiger partial charge on any atom is 0.0478 e. The van der Waals surface area contributed by atoms with Gasteiger partial charge in [0.1, 0.15) is 0 Å². The predicted octanol–water partition coefficient (Wildman–Crippen LogP) is 4.23. The zero-order chi connectivity index (χ0) is 12.1. The normalized spacial score (nSPS) is 9.94. The van der Waals surface area contributed by atoms with Crippen molar-refractivity contribution in [3.8, 4) is 0 Å². The Morgan fingerprint density at radius 3 is 2.00 bits per heavy atom. The van der Waals surface area contributed by atoms with Crippen LogP contribution in [0, 0.1) is 0 Å². The van der Waals surface area contributed by atoms with Gasteiger partial charge in [-0.3, -0.25) is 0 Å². The van der Waals surface area contributed by atoms with Crippen molar-refractivity contribution in [1.29, 1.82) is 0 Å². The van der Waals surface area contributed by atoms with Crippen LogP contribution in [-0.4, -0.2) is 0 Å². The summed E-state index contributed by atoms with van der Waals surface area (Å²) in [6, 6.07) is 20.8. The van der Waals surface area contributed by atoms with Crippen molar-refractivity contribution in [2.24, 2.45) is 0 Å². The van der Waals surface area contributed by atoms with E-state index in [4.69, 9.17) is 0 Å². The summed E-state index contributed by atoms with van der Waals surface area (Å²) in [6.45, 7) is 6.95. The minimum atomic E-state index is 0.861. The van der Waals surface area contributed by atoms with E-state index in [1.807, 2.05) is 19.1 Å². The van der Waals surface area contributed by atoms with Gasteiger partial charge in [0.05, 0.1) is 0 Å². The summed E-state index contributed by atoms with van der Waals surface area (Å²) in [5.41, 5.74) is 3.53. The van der Waals surface area contributed by atoms with E-state index in [0.717, 1.165) is 12.2 Å². The highest BCUT2D eigenvalue weighted by Crippen LogP contribution is 2.20. The average molecular weight is 223 g/mol. The van der Waals surface area contributed by atoms with Gasteiger partial charge in [-0.25, -0.2) is 0 Å². The molecule has 1 nitrogen and oxygen atoms in total. The lowest BCUT2D eigenvalue weighted by atomic mass is 10.2. The summed E-state index contributed by atoms with van der Waals surface area (Å²) in [6.07, 6.45) is 0. The van der Waals surface area contributed by atoms with Crippen molar-refractivity contribution >= 4 is 5.69 Å². The lowest BCUT2D eigenvalue weighted by Gasteiger charge is -2.25. The SMILES string of the molecule is C=C(C)N(Cc1ccccc1)c1ccccc1. The van der Waals surface area contributed by atoms with Crippen molar-refractivity contribution in [1.82, 2.24) is 0 Å². The van der Waals surface area contributed by atoms with Crippen LogP contribution in [0.5, 0.6) is 0 Å². The molecule has 1 heteroatoms. The molecule has 0 spiro atoms. The van der Waals surface area contributed by atoms with Crippen molar-refractivity contribution in [2.45, 2.75) is 13.5 Å². The minimum absolute atomic E-state index is 0.861. The van der Waals surface area contributed by atoms with Crippen LogP contribution in [0.3, 0.4) is 0 Å². The number of allylic oxidation sites excluding steroid dienone is 1. The molecule has 0 saturated carbocycles. The molecule has 0 radical (unpaired) electrons. The standard InChI is InChI=1S/C16H17N/c1-14(2)17(16-11-7-4-8-12-16)13-15-9-5-3-6-10-15/h3-12H,1,13H2,2H3. The van der Waals surface area contributed by atoms with Crippen LogP contribution in [0.2, 0.25) is 0 Å². The van der Waals surface area contributed by atoms with Crippen molar-refractivity contribution < 1.29 is 0 Å². The molecule has 0 aliphatic heterocycles. The van der Waals surface area contributed by atoms with Gasteiger partial charge in [0.15, 0.2) is 0 Å². The number of nitrogens with zero attached hydrogens (tertiary/aromatic N) is 1. The molecule has 0 aliphatic carbocycles. The first-order valence-electron chi connectivity index (χ1n) is 5.79. The topological polar surface area (TPSA) is 3.24 Å². The zero-order valence-corrected chi connectivity index (χ0v) is 10.1. The molecule has 0 aliphatic rings. The molecule has 0 fully saturated rings. The molecule has 0 heterocycles. The number of anilines is 1. The van der Waals surface area contributed by atoms with Crippen LogP contribution in [0.25, 0.3) is 0 Å². The molecular weight excluding hydrogens is 206 g/mol. The molecule has 0 atom stereocenters. The largest absolute Gasteiger partial charge is 0.342 e. The van der Waals surface area contributed by atoms with Gasteiger partial charge in [0, 0.05) is 17.9 Å². The first kappa shape index (κ1) is 11.5. The molecule has 0 aromatic heterocycles. The number of rotatable bonds is 4. The number of hydrogen-bond acceptors (Lipinski definition) is 1. The van der Waals surface area contributed by atoms with Crippen LogP contribution in [0.1, 0.15) is 12.5 Å². The Bertz CT molecular complexity index is 473. The highest BCUT2D eigenvalue weighted by Gasteiger charge is 2.06. The summed E-state index contributed by atoms with van der Waals surface area (Å²) in [4.78, 5) is 2.22. The fourth-order valence-corrected chi connectivity index (χ4v) is 1.82. The van der Waals surface area contributed by atoms with Crippen LogP contribution in [0.4, 0.5) is 5.69 Å². The van der Waals surface area contributed by atoms with Crippen molar-refractivity contribution in [3.63, 3.8) is 0 Å². The fraction of sp³-hybridized carbons (Fsp3) is 0.125. The van der Waals surface area contributed by atoms with Gasteiger partial charge in [0.25, 0.3) is 0 Å². The highest BCUT2D eigenvalue weighted by atomic mass is 15.1. The third-order valence-electron chi connectivity index (χ3n) is 2.71. The zero-order valence-electron chi connectivity index (χ0n) is 10.1. The van der Waals surface area contributed by atoms with Crippen LogP contribution in [-0.2, 0) is 6.54 Å². The summed E-state index contributed by atoms with van der Waals surface area (Å²) in [5, 5.41) is 0. The third-order valence-corrected chi connectivity index (χ3v) is 2.71. The van der Waals surface area contributed by atoms with E-state index < -0.39 is 0 Å². The third kappa shape index (κ3) is 2.97. The summed E-state index contributed by atoms with van der Waals surface area (Å²) in [7, 11) is 0. The molecule has 0 bridgehead atoms. The van der Waals surface area contributed by atoms with Gasteiger partial charge < -0.3 is 4.90 Å². The second kappa shape index (κ2) is 5.35. The van der Waals surface area contributed by atoms with E-state index in [0.29, 0.717) is 0 Å². The van der Waals surface area contributed by atoms with Crippen molar-refractivity contribution in [3.05, 3.63) is 78.5 Å². The maximum absolute atomic E-state index is 4.05. The number of hydrogen-bond donors (Lipinski definition) is 0. The van der Waals surface area contributed by atoms with Gasteiger partial charge in [-0.1, -0.05) is 55.1 Å². The van der Waals surface area contributed by atoms with Gasteiger partial charge in [0.2, 0.25) is 0 Å². The van der Waals surface area contributed by atoms with E-state index in [-0.39, 0.29) is 0 Å². The quantitative estimate of drug-likeness (QED) is 0.750. The van der Waals surface area contributed by atoms with Crippen molar-refractivity contribution in [2.75, 3.05) is 4.90 Å². The molecule has 17 heavy (non-hydrogen) atoms. The Morgan fingerprint density at radius 1 is 0.941 bits per heavy atom. The maximum atomic E-state index is 4.05. The van der Waals surface area contributed by atoms with Gasteiger partial charge in [-0.05, 0) is 24.6 Å². The van der Waals surface area contributed by atoms with Crippen LogP contribution < -0.4 is 4.90 Å². The molecule has 0 unspecified atom stereocenters. The highest BCUT2D eigenvalue weighted by molar-refractivity contribution is 5.51. The van der Waals surface area contributed by atoms with Crippen LogP contribution >= 0.6 is 0 Å². The van der Waals surface area contributed by atoms with E-state index in [1.165, 1.54) is 11.3 Å². The molecule has 0 N–H and O–H groups in total. The van der Waals surface area contributed by atoms with E-state index >= 15 is 0 Å². The Labute approximate surface area is 103 Å². The monoisotopic (exact) mass is 223 g/mol. The smallest absolute Gasteiger partial charge is 0.0478 e. The van der Waals surface area contributed by atoms with Gasteiger partial charge in [-0.2, -0.15) is 0 Å². The van der Waals surface area contributed by atoms with E-state index in [9.17, 15) is 0 Å². The first-order valence-corrected chi connectivity index (χ1v) is 5.79. The minimum Gasteiger partial charge on any atom is -0.342 e. The molecule has 86 valence electrons. The summed E-state index contributed by atoms with van der Waals surface area (Å²) >= 11 is 0. The Balaban J connectivity index is 2.23. The lowest BCUT2D eigenvalue weighted by molar-refractivity contribution is 0.916. The predicted molar refractivity (Wildman–Crippen MR) is 73.9 cm³/mol. The number of benzene rings is 2. The Kier molecular flexibility index (Phi) is 3.61. The van der Waals surface area contributed by atoms with Gasteiger partial charge >= 0.3 is 0 Å². The summed E-state index contributed by atoms with van der Waals surface area (Å²) in [5.74, 6) is 0. The molecule has 0 amide bonds.